The molecule has 86 valence electrons. The zero-order chi connectivity index (χ0) is 11.1. The van der Waals surface area contributed by atoms with Gasteiger partial charge in [0.2, 0.25) is 0 Å². The second-order valence-electron chi connectivity index (χ2n) is 5.13. The van der Waals surface area contributed by atoms with E-state index < -0.39 is 0 Å². The quantitative estimate of drug-likeness (QED) is 0.532. The van der Waals surface area contributed by atoms with Crippen molar-refractivity contribution in [1.82, 2.24) is 0 Å². The zero-order valence-electron chi connectivity index (χ0n) is 11.1. The largest absolute Gasteiger partial charge is 0.0654 e. The van der Waals surface area contributed by atoms with Gasteiger partial charge in [0, 0.05) is 0 Å². The van der Waals surface area contributed by atoms with Crippen molar-refractivity contribution in [3.05, 3.63) is 0 Å². The first-order chi connectivity index (χ1) is 6.58. The van der Waals surface area contributed by atoms with Crippen molar-refractivity contribution in [1.29, 1.82) is 0 Å². The minimum absolute atomic E-state index is 0.839. The van der Waals surface area contributed by atoms with Crippen LogP contribution in [0.3, 0.4) is 0 Å². The third-order valence-corrected chi connectivity index (χ3v) is 3.99. The highest BCUT2D eigenvalue weighted by molar-refractivity contribution is 4.74. The van der Waals surface area contributed by atoms with E-state index in [2.05, 4.69) is 41.5 Å². The first kappa shape index (κ1) is 14.0. The molecule has 14 heavy (non-hydrogen) atoms. The fraction of sp³-hybridized carbons (Fsp3) is 1.00. The molecule has 0 aromatic rings. The number of hydrogen-bond acceptors (Lipinski definition) is 0. The van der Waals surface area contributed by atoms with Crippen LogP contribution in [0.25, 0.3) is 0 Å². The molecule has 0 spiro atoms. The zero-order valence-corrected chi connectivity index (χ0v) is 11.1. The molecule has 0 heterocycles. The average molecular weight is 198 g/mol. The van der Waals surface area contributed by atoms with Crippen molar-refractivity contribution in [3.63, 3.8) is 0 Å². The Kier molecular flexibility index (Phi) is 7.31. The first-order valence-electron chi connectivity index (χ1n) is 6.58. The van der Waals surface area contributed by atoms with Crippen LogP contribution < -0.4 is 0 Å². The third kappa shape index (κ3) is 4.02. The summed E-state index contributed by atoms with van der Waals surface area (Å²) in [6, 6.07) is 0. The topological polar surface area (TPSA) is 0 Å². The molecular weight excluding hydrogens is 168 g/mol. The van der Waals surface area contributed by atoms with Gasteiger partial charge < -0.3 is 0 Å². The molecule has 0 N–H and O–H groups in total. The van der Waals surface area contributed by atoms with Gasteiger partial charge in [-0.15, -0.1) is 0 Å². The monoisotopic (exact) mass is 198 g/mol. The Morgan fingerprint density at radius 3 is 1.71 bits per heavy atom. The van der Waals surface area contributed by atoms with E-state index in [4.69, 9.17) is 0 Å². The lowest BCUT2D eigenvalue weighted by molar-refractivity contribution is 0.172. The molecule has 0 amide bonds. The van der Waals surface area contributed by atoms with Gasteiger partial charge in [-0.05, 0) is 23.7 Å². The van der Waals surface area contributed by atoms with Crippen LogP contribution in [-0.2, 0) is 0 Å². The number of hydrogen-bond donors (Lipinski definition) is 0. The molecular formula is C14H30. The minimum atomic E-state index is 0.839. The SMILES string of the molecule is CCCC(CC)C(CC)C(C)C(C)C. The van der Waals surface area contributed by atoms with Gasteiger partial charge in [-0.1, -0.05) is 67.2 Å². The van der Waals surface area contributed by atoms with Crippen LogP contribution in [0.4, 0.5) is 0 Å². The van der Waals surface area contributed by atoms with E-state index >= 15 is 0 Å². The van der Waals surface area contributed by atoms with Gasteiger partial charge in [0.15, 0.2) is 0 Å². The van der Waals surface area contributed by atoms with Crippen LogP contribution in [0.5, 0.6) is 0 Å². The molecule has 0 fully saturated rings. The van der Waals surface area contributed by atoms with Crippen LogP contribution >= 0.6 is 0 Å². The second kappa shape index (κ2) is 7.31. The van der Waals surface area contributed by atoms with Gasteiger partial charge in [-0.25, -0.2) is 0 Å². The van der Waals surface area contributed by atoms with E-state index in [-0.39, 0.29) is 0 Å². The minimum Gasteiger partial charge on any atom is -0.0654 e. The maximum Gasteiger partial charge on any atom is -0.0360 e. The summed E-state index contributed by atoms with van der Waals surface area (Å²) in [6.07, 6.45) is 5.49. The van der Waals surface area contributed by atoms with E-state index in [1.165, 1.54) is 25.7 Å². The van der Waals surface area contributed by atoms with Gasteiger partial charge in [0.05, 0.1) is 0 Å². The lowest BCUT2D eigenvalue weighted by atomic mass is 9.73. The summed E-state index contributed by atoms with van der Waals surface area (Å²) in [7, 11) is 0. The van der Waals surface area contributed by atoms with Crippen molar-refractivity contribution >= 4 is 0 Å². The lowest BCUT2D eigenvalue weighted by Crippen LogP contribution is -2.24. The van der Waals surface area contributed by atoms with Crippen molar-refractivity contribution in [2.45, 2.75) is 67.2 Å². The molecule has 0 saturated carbocycles. The van der Waals surface area contributed by atoms with Crippen molar-refractivity contribution in [2.75, 3.05) is 0 Å². The summed E-state index contributed by atoms with van der Waals surface area (Å²) < 4.78 is 0. The van der Waals surface area contributed by atoms with E-state index in [0.717, 1.165) is 23.7 Å². The maximum absolute atomic E-state index is 2.44. The third-order valence-electron chi connectivity index (χ3n) is 3.99. The highest BCUT2D eigenvalue weighted by Gasteiger charge is 2.25. The summed E-state index contributed by atoms with van der Waals surface area (Å²) in [5.41, 5.74) is 0. The molecule has 0 aliphatic rings. The Hall–Kier alpha value is 0. The van der Waals surface area contributed by atoms with E-state index in [9.17, 15) is 0 Å². The van der Waals surface area contributed by atoms with Crippen molar-refractivity contribution < 1.29 is 0 Å². The first-order valence-corrected chi connectivity index (χ1v) is 6.58. The van der Waals surface area contributed by atoms with Gasteiger partial charge in [0.1, 0.15) is 0 Å². The normalized spacial score (nSPS) is 18.2. The average Bonchev–Trinajstić information content (AvgIpc) is 2.17. The summed E-state index contributed by atoms with van der Waals surface area (Å²) in [4.78, 5) is 0. The molecule has 3 unspecified atom stereocenters. The molecule has 3 atom stereocenters. The van der Waals surface area contributed by atoms with E-state index in [0.29, 0.717) is 0 Å². The molecule has 0 aromatic carbocycles. The molecule has 0 rings (SSSR count). The van der Waals surface area contributed by atoms with Crippen molar-refractivity contribution in [3.8, 4) is 0 Å². The van der Waals surface area contributed by atoms with Crippen LogP contribution in [0.2, 0.25) is 0 Å². The predicted octanol–water partition coefficient (Wildman–Crippen LogP) is 5.13. The molecule has 0 nitrogen and oxygen atoms in total. The van der Waals surface area contributed by atoms with E-state index in [1.54, 1.807) is 0 Å². The molecule has 0 aromatic heterocycles. The maximum atomic E-state index is 2.44. The molecule has 0 saturated heterocycles. The molecule has 0 heteroatoms. The van der Waals surface area contributed by atoms with Crippen LogP contribution in [0, 0.1) is 23.7 Å². The summed E-state index contributed by atoms with van der Waals surface area (Å²) in [6.45, 7) is 14.2. The van der Waals surface area contributed by atoms with Gasteiger partial charge >= 0.3 is 0 Å². The van der Waals surface area contributed by atoms with E-state index in [1.807, 2.05) is 0 Å². The summed E-state index contributed by atoms with van der Waals surface area (Å²) in [5, 5.41) is 0. The lowest BCUT2D eigenvalue weighted by Gasteiger charge is -2.32. The summed E-state index contributed by atoms with van der Waals surface area (Å²) >= 11 is 0. The molecule has 0 bridgehead atoms. The smallest absolute Gasteiger partial charge is 0.0360 e. The highest BCUT2D eigenvalue weighted by atomic mass is 14.3. The van der Waals surface area contributed by atoms with Crippen LogP contribution in [0.15, 0.2) is 0 Å². The molecule has 0 radical (unpaired) electrons. The summed E-state index contributed by atoms with van der Waals surface area (Å²) in [5.74, 6) is 3.63. The van der Waals surface area contributed by atoms with Gasteiger partial charge in [0.25, 0.3) is 0 Å². The Balaban J connectivity index is 4.33. The number of rotatable bonds is 7. The predicted molar refractivity (Wildman–Crippen MR) is 66.5 cm³/mol. The van der Waals surface area contributed by atoms with Crippen LogP contribution in [-0.4, -0.2) is 0 Å². The Morgan fingerprint density at radius 1 is 0.857 bits per heavy atom. The fourth-order valence-corrected chi connectivity index (χ4v) is 2.72. The standard InChI is InChI=1S/C14H30/c1-7-10-13(8-2)14(9-3)12(6)11(4)5/h11-14H,7-10H2,1-6H3. The molecule has 0 aliphatic heterocycles. The fourth-order valence-electron chi connectivity index (χ4n) is 2.72. The Morgan fingerprint density at radius 2 is 1.43 bits per heavy atom. The highest BCUT2D eigenvalue weighted by Crippen LogP contribution is 2.34. The Bertz CT molecular complexity index is 126. The Labute approximate surface area is 91.5 Å². The molecule has 0 aliphatic carbocycles. The van der Waals surface area contributed by atoms with Gasteiger partial charge in [-0.3, -0.25) is 0 Å². The van der Waals surface area contributed by atoms with Crippen LogP contribution in [0.1, 0.15) is 67.2 Å². The van der Waals surface area contributed by atoms with Gasteiger partial charge in [-0.2, -0.15) is 0 Å². The second-order valence-corrected chi connectivity index (χ2v) is 5.13. The van der Waals surface area contributed by atoms with Crippen molar-refractivity contribution in [2.24, 2.45) is 23.7 Å².